The maximum Gasteiger partial charge on any atom is 0.132 e. The van der Waals surface area contributed by atoms with Crippen molar-refractivity contribution in [2.45, 2.75) is 13.8 Å². The highest BCUT2D eigenvalue weighted by molar-refractivity contribution is 6.05. The highest BCUT2D eigenvalue weighted by Crippen LogP contribution is 2.45. The molecule has 0 saturated carbocycles. The van der Waals surface area contributed by atoms with Gasteiger partial charge in [0.1, 0.15) is 5.82 Å². The molecule has 0 saturated heterocycles. The summed E-state index contributed by atoms with van der Waals surface area (Å²) in [6, 6.07) is 71.9. The zero-order valence-electron chi connectivity index (χ0n) is 35.8. The van der Waals surface area contributed by atoms with E-state index in [4.69, 9.17) is 0 Å². The zero-order valence-corrected chi connectivity index (χ0v) is 35.8. The van der Waals surface area contributed by atoms with E-state index in [9.17, 15) is 0 Å². The number of nitrogens with zero attached hydrogens (tertiary/aromatic N) is 1. The maximum absolute atomic E-state index is 17.0. The molecule has 10 aromatic rings. The second-order valence-electron chi connectivity index (χ2n) is 16.7. The van der Waals surface area contributed by atoms with Gasteiger partial charge in [-0.25, -0.2) is 4.39 Å². The molecule has 0 spiro atoms. The number of anilines is 3. The molecule has 1 aliphatic rings. The van der Waals surface area contributed by atoms with Crippen molar-refractivity contribution < 1.29 is 4.39 Å². The van der Waals surface area contributed by atoms with Crippen molar-refractivity contribution in [3.05, 3.63) is 269 Å². The Labute approximate surface area is 374 Å². The standard InChI is InChI=1S/C62H44FN/c1-41-35-47(37-44-17-6-8-22-51(41)44)60(48-36-42(2)52-23-9-7-18-45(52)38-48)39-46-31-33-50(40-61(46)63)64(49-20-4-3-5-21-49)62-34-32-43(53-24-10-15-29-59(53)62)19-16-30-58-56-27-13-11-25-54(56)55-26-12-14-28-57(55)58/h3-40H,1-2H3/b19-16+. The van der Waals surface area contributed by atoms with Gasteiger partial charge in [-0.3, -0.25) is 0 Å². The third-order valence-electron chi connectivity index (χ3n) is 12.8. The van der Waals surface area contributed by atoms with Crippen LogP contribution in [0.4, 0.5) is 21.5 Å². The van der Waals surface area contributed by atoms with E-state index in [0.717, 1.165) is 60.9 Å². The predicted molar refractivity (Wildman–Crippen MR) is 271 cm³/mol. The molecule has 2 heteroatoms. The van der Waals surface area contributed by atoms with Gasteiger partial charge in [0.25, 0.3) is 0 Å². The quantitative estimate of drug-likeness (QED) is 0.138. The molecule has 0 amide bonds. The first-order valence-electron chi connectivity index (χ1n) is 21.9. The molecule has 0 aromatic heterocycles. The predicted octanol–water partition coefficient (Wildman–Crippen LogP) is 17.1. The van der Waals surface area contributed by atoms with Gasteiger partial charge in [0.15, 0.2) is 0 Å². The number of hydrogen-bond acceptors (Lipinski definition) is 1. The molecule has 0 fully saturated rings. The summed E-state index contributed by atoms with van der Waals surface area (Å²) in [6.45, 7) is 4.31. The molecule has 0 unspecified atom stereocenters. The molecular formula is C62H44FN. The van der Waals surface area contributed by atoms with E-state index in [-0.39, 0.29) is 5.82 Å². The van der Waals surface area contributed by atoms with Crippen LogP contribution in [0.5, 0.6) is 0 Å². The van der Waals surface area contributed by atoms with Crippen LogP contribution >= 0.6 is 0 Å². The van der Waals surface area contributed by atoms with Crippen molar-refractivity contribution in [1.29, 1.82) is 0 Å². The van der Waals surface area contributed by atoms with E-state index in [1.807, 2.05) is 36.4 Å². The van der Waals surface area contributed by atoms with E-state index in [2.05, 4.69) is 207 Å². The van der Waals surface area contributed by atoms with Crippen molar-refractivity contribution in [3.63, 3.8) is 0 Å². The monoisotopic (exact) mass is 821 g/mol. The SMILES string of the molecule is Cc1cc(C(=Cc2ccc(N(c3ccccc3)c3ccc(/C=C/C=C4c5ccccc5-c5ccccc54)c4ccccc34)cc2F)c2cc(C)c3ccccc3c2)cc2ccccc12. The van der Waals surface area contributed by atoms with Crippen LogP contribution in [0.15, 0.2) is 218 Å². The highest BCUT2D eigenvalue weighted by Gasteiger charge is 2.22. The van der Waals surface area contributed by atoms with Crippen LogP contribution in [0.25, 0.3) is 66.7 Å². The summed E-state index contributed by atoms with van der Waals surface area (Å²) < 4.78 is 17.0. The van der Waals surface area contributed by atoms with Crippen LogP contribution < -0.4 is 4.90 Å². The first-order valence-corrected chi connectivity index (χ1v) is 21.9. The first-order chi connectivity index (χ1) is 31.5. The average Bonchev–Trinajstić information content (AvgIpc) is 3.65. The Morgan fingerprint density at radius 3 is 1.56 bits per heavy atom. The minimum Gasteiger partial charge on any atom is -0.310 e. The molecular weight excluding hydrogens is 778 g/mol. The van der Waals surface area contributed by atoms with Gasteiger partial charge in [0.2, 0.25) is 0 Å². The summed E-state index contributed by atoms with van der Waals surface area (Å²) in [7, 11) is 0. The zero-order chi connectivity index (χ0) is 43.1. The van der Waals surface area contributed by atoms with Gasteiger partial charge < -0.3 is 4.90 Å². The molecule has 0 bridgehead atoms. The topological polar surface area (TPSA) is 3.24 Å². The van der Waals surface area contributed by atoms with E-state index in [1.54, 1.807) is 6.07 Å². The molecule has 0 N–H and O–H groups in total. The van der Waals surface area contributed by atoms with E-state index in [0.29, 0.717) is 5.56 Å². The highest BCUT2D eigenvalue weighted by atomic mass is 19.1. The van der Waals surface area contributed by atoms with E-state index >= 15 is 4.39 Å². The van der Waals surface area contributed by atoms with Gasteiger partial charge in [0.05, 0.1) is 5.69 Å². The summed E-state index contributed by atoms with van der Waals surface area (Å²) in [6.07, 6.45) is 8.62. The lowest BCUT2D eigenvalue weighted by Gasteiger charge is -2.27. The largest absolute Gasteiger partial charge is 0.310 e. The molecule has 0 radical (unpaired) electrons. The number of benzene rings is 10. The first kappa shape index (κ1) is 38.8. The third-order valence-corrected chi connectivity index (χ3v) is 12.8. The van der Waals surface area contributed by atoms with Crippen LogP contribution in [0.3, 0.4) is 0 Å². The Kier molecular flexibility index (Phi) is 9.90. The Balaban J connectivity index is 1.01. The molecule has 64 heavy (non-hydrogen) atoms. The Morgan fingerprint density at radius 1 is 0.438 bits per heavy atom. The van der Waals surface area contributed by atoms with Gasteiger partial charge >= 0.3 is 0 Å². The molecule has 11 rings (SSSR count). The van der Waals surface area contributed by atoms with Gasteiger partial charge in [-0.15, -0.1) is 0 Å². The molecule has 0 aliphatic heterocycles. The second-order valence-corrected chi connectivity index (χ2v) is 16.7. The van der Waals surface area contributed by atoms with Crippen LogP contribution in [-0.4, -0.2) is 0 Å². The van der Waals surface area contributed by atoms with Crippen LogP contribution in [0, 0.1) is 19.7 Å². The lowest BCUT2D eigenvalue weighted by molar-refractivity contribution is 0.625. The van der Waals surface area contributed by atoms with Crippen molar-refractivity contribution in [2.75, 3.05) is 4.90 Å². The fraction of sp³-hybridized carbons (Fsp3) is 0.0323. The second kappa shape index (κ2) is 16.3. The summed E-state index contributed by atoms with van der Waals surface area (Å²) in [5.74, 6) is -0.294. The summed E-state index contributed by atoms with van der Waals surface area (Å²) >= 11 is 0. The van der Waals surface area contributed by atoms with E-state index in [1.165, 1.54) is 49.7 Å². The van der Waals surface area contributed by atoms with Gasteiger partial charge in [-0.2, -0.15) is 0 Å². The molecule has 304 valence electrons. The Morgan fingerprint density at radius 2 is 0.953 bits per heavy atom. The number of halogens is 1. The lowest BCUT2D eigenvalue weighted by atomic mass is 9.89. The van der Waals surface area contributed by atoms with E-state index < -0.39 is 0 Å². The van der Waals surface area contributed by atoms with Crippen LogP contribution in [0.2, 0.25) is 0 Å². The number of para-hydroxylation sites is 1. The average molecular weight is 822 g/mol. The van der Waals surface area contributed by atoms with Gasteiger partial charge in [-0.05, 0) is 157 Å². The number of hydrogen-bond donors (Lipinski definition) is 0. The normalized spacial score (nSPS) is 11.9. The fourth-order valence-corrected chi connectivity index (χ4v) is 9.71. The van der Waals surface area contributed by atoms with Crippen molar-refractivity contribution in [2.24, 2.45) is 0 Å². The molecule has 0 heterocycles. The van der Waals surface area contributed by atoms with Crippen molar-refractivity contribution in [3.8, 4) is 11.1 Å². The lowest BCUT2D eigenvalue weighted by Crippen LogP contribution is -2.11. The third kappa shape index (κ3) is 7.00. The Bertz CT molecular complexity index is 3400. The minimum atomic E-state index is -0.294. The van der Waals surface area contributed by atoms with Crippen LogP contribution in [0.1, 0.15) is 44.5 Å². The number of allylic oxidation sites excluding steroid dienone is 2. The Hall–Kier alpha value is -8.07. The maximum atomic E-state index is 17.0. The van der Waals surface area contributed by atoms with Crippen molar-refractivity contribution in [1.82, 2.24) is 0 Å². The number of aryl methyl sites for hydroxylation is 2. The molecule has 0 atom stereocenters. The van der Waals surface area contributed by atoms with Gasteiger partial charge in [-0.1, -0.05) is 176 Å². The van der Waals surface area contributed by atoms with Crippen molar-refractivity contribution >= 4 is 72.7 Å². The number of rotatable bonds is 8. The van der Waals surface area contributed by atoms with Crippen LogP contribution in [-0.2, 0) is 0 Å². The van der Waals surface area contributed by atoms with Gasteiger partial charge in [0, 0.05) is 22.3 Å². The molecule has 10 aromatic carbocycles. The fourth-order valence-electron chi connectivity index (χ4n) is 9.71. The minimum absolute atomic E-state index is 0.294. The number of fused-ring (bicyclic) bond motifs is 6. The smallest absolute Gasteiger partial charge is 0.132 e. The summed E-state index contributed by atoms with van der Waals surface area (Å²) in [5, 5.41) is 6.93. The molecule has 1 nitrogen and oxygen atoms in total. The summed E-state index contributed by atoms with van der Waals surface area (Å²) in [5.41, 5.74) is 16.0. The summed E-state index contributed by atoms with van der Waals surface area (Å²) in [4.78, 5) is 2.17. The molecule has 1 aliphatic carbocycles.